The summed E-state index contributed by atoms with van der Waals surface area (Å²) < 4.78 is 30.6. The summed E-state index contributed by atoms with van der Waals surface area (Å²) in [5.41, 5.74) is 1.93. The zero-order chi connectivity index (χ0) is 21.9. The van der Waals surface area contributed by atoms with Crippen LogP contribution in [0.3, 0.4) is 0 Å². The Balaban J connectivity index is 1.72. The first kappa shape index (κ1) is 22.3. The third kappa shape index (κ3) is 4.66. The molecule has 1 heterocycles. The second kappa shape index (κ2) is 9.15. The van der Waals surface area contributed by atoms with Gasteiger partial charge in [-0.2, -0.15) is 0 Å². The van der Waals surface area contributed by atoms with Gasteiger partial charge in [-0.15, -0.1) is 11.3 Å². The minimum Gasteiger partial charge on any atom is -0.465 e. The van der Waals surface area contributed by atoms with E-state index in [1.165, 1.54) is 44.7 Å². The van der Waals surface area contributed by atoms with Crippen LogP contribution in [0.4, 0.5) is 10.7 Å². The van der Waals surface area contributed by atoms with Gasteiger partial charge in [0.15, 0.2) is 0 Å². The highest BCUT2D eigenvalue weighted by Gasteiger charge is 2.27. The summed E-state index contributed by atoms with van der Waals surface area (Å²) in [5, 5.41) is 6.24. The van der Waals surface area contributed by atoms with Crippen LogP contribution in [0.5, 0.6) is 0 Å². The quantitative estimate of drug-likeness (QED) is 0.627. The Morgan fingerprint density at radius 1 is 1.20 bits per heavy atom. The van der Waals surface area contributed by atoms with Gasteiger partial charge in [0.05, 0.1) is 24.1 Å². The van der Waals surface area contributed by atoms with Gasteiger partial charge in [-0.3, -0.25) is 4.79 Å². The van der Waals surface area contributed by atoms with E-state index < -0.39 is 16.0 Å². The van der Waals surface area contributed by atoms with Crippen molar-refractivity contribution in [3.8, 4) is 0 Å². The van der Waals surface area contributed by atoms with Crippen molar-refractivity contribution in [1.82, 2.24) is 4.31 Å². The molecule has 0 radical (unpaired) electrons. The van der Waals surface area contributed by atoms with Crippen molar-refractivity contribution in [2.75, 3.05) is 38.4 Å². The van der Waals surface area contributed by atoms with Crippen molar-refractivity contribution in [2.24, 2.45) is 0 Å². The number of methoxy groups -OCH3 is 1. The van der Waals surface area contributed by atoms with Crippen molar-refractivity contribution in [1.29, 1.82) is 0 Å². The summed E-state index contributed by atoms with van der Waals surface area (Å²) in [7, 11) is 0.688. The van der Waals surface area contributed by atoms with Crippen LogP contribution in [0, 0.1) is 0 Å². The molecule has 3 rings (SSSR count). The molecule has 0 saturated heterocycles. The van der Waals surface area contributed by atoms with Crippen LogP contribution in [-0.4, -0.2) is 52.3 Å². The molecule has 0 fully saturated rings. The van der Waals surface area contributed by atoms with E-state index in [2.05, 4.69) is 10.6 Å². The lowest BCUT2D eigenvalue weighted by atomic mass is 9.95. The molecule has 10 heteroatoms. The van der Waals surface area contributed by atoms with Gasteiger partial charge < -0.3 is 15.4 Å². The average Bonchev–Trinajstić information content (AvgIpc) is 3.09. The van der Waals surface area contributed by atoms with Gasteiger partial charge in [0.25, 0.3) is 0 Å². The molecule has 0 spiro atoms. The van der Waals surface area contributed by atoms with Crippen molar-refractivity contribution >= 4 is 43.9 Å². The maximum Gasteiger partial charge on any atom is 0.341 e. The Kier molecular flexibility index (Phi) is 6.79. The molecule has 1 aliphatic rings. The maximum absolute atomic E-state index is 12.5. The van der Waals surface area contributed by atoms with E-state index >= 15 is 0 Å². The molecule has 1 amide bonds. The predicted octanol–water partition coefficient (Wildman–Crippen LogP) is 2.71. The van der Waals surface area contributed by atoms with Crippen molar-refractivity contribution in [2.45, 2.75) is 30.6 Å². The normalized spacial score (nSPS) is 13.6. The van der Waals surface area contributed by atoms with Gasteiger partial charge in [0.2, 0.25) is 15.9 Å². The first-order valence-corrected chi connectivity index (χ1v) is 11.8. The zero-order valence-corrected chi connectivity index (χ0v) is 18.8. The summed E-state index contributed by atoms with van der Waals surface area (Å²) in [6.45, 7) is -0.0748. The van der Waals surface area contributed by atoms with E-state index in [4.69, 9.17) is 4.74 Å². The number of hydrogen-bond donors (Lipinski definition) is 2. The smallest absolute Gasteiger partial charge is 0.341 e. The van der Waals surface area contributed by atoms with E-state index in [-0.39, 0.29) is 17.3 Å². The average molecular weight is 452 g/mol. The fourth-order valence-corrected chi connectivity index (χ4v) is 5.54. The Morgan fingerprint density at radius 2 is 1.93 bits per heavy atom. The number of hydrogen-bond acceptors (Lipinski definition) is 7. The molecule has 0 aliphatic heterocycles. The Morgan fingerprint density at radius 3 is 2.63 bits per heavy atom. The largest absolute Gasteiger partial charge is 0.465 e. The van der Waals surface area contributed by atoms with Gasteiger partial charge in [-0.25, -0.2) is 17.5 Å². The Labute approximate surface area is 180 Å². The summed E-state index contributed by atoms with van der Waals surface area (Å²) in [6, 6.07) is 6.27. The van der Waals surface area contributed by atoms with Crippen LogP contribution in [0.1, 0.15) is 33.6 Å². The number of sulfonamides is 1. The van der Waals surface area contributed by atoms with Gasteiger partial charge in [-0.05, 0) is 49.4 Å². The summed E-state index contributed by atoms with van der Waals surface area (Å²) in [4.78, 5) is 26.0. The SMILES string of the molecule is COC(=O)c1c(NC(=O)CNc2cccc(S(=O)(=O)N(C)C)c2)sc2c1CCCC2. The van der Waals surface area contributed by atoms with E-state index in [0.29, 0.717) is 16.3 Å². The molecule has 0 saturated carbocycles. The molecule has 0 unspecified atom stereocenters. The van der Waals surface area contributed by atoms with E-state index in [1.54, 1.807) is 12.1 Å². The highest BCUT2D eigenvalue weighted by molar-refractivity contribution is 7.89. The number of anilines is 2. The maximum atomic E-state index is 12.5. The minimum absolute atomic E-state index is 0.0748. The lowest BCUT2D eigenvalue weighted by Crippen LogP contribution is -2.24. The van der Waals surface area contributed by atoms with Gasteiger partial charge >= 0.3 is 5.97 Å². The molecule has 30 heavy (non-hydrogen) atoms. The number of benzene rings is 1. The second-order valence-electron chi connectivity index (χ2n) is 7.12. The molecule has 2 N–H and O–H groups in total. The standard InChI is InChI=1S/C20H25N3O5S2/c1-23(2)30(26,27)14-8-6-7-13(11-14)21-12-17(24)22-19-18(20(25)28-3)15-9-4-5-10-16(15)29-19/h6-8,11,21H,4-5,9-10,12H2,1-3H3,(H,22,24). The minimum atomic E-state index is -3.56. The number of thiophene rings is 1. The van der Waals surface area contributed by atoms with Crippen LogP contribution < -0.4 is 10.6 Å². The number of carbonyl (C=O) groups is 2. The molecular weight excluding hydrogens is 426 g/mol. The zero-order valence-electron chi connectivity index (χ0n) is 17.1. The second-order valence-corrected chi connectivity index (χ2v) is 10.4. The number of carbonyl (C=O) groups excluding carboxylic acids is 2. The van der Waals surface area contributed by atoms with Gasteiger partial charge in [0.1, 0.15) is 5.00 Å². The van der Waals surface area contributed by atoms with Gasteiger partial charge in [-0.1, -0.05) is 6.07 Å². The molecule has 1 aromatic carbocycles. The van der Waals surface area contributed by atoms with E-state index in [0.717, 1.165) is 40.4 Å². The third-order valence-corrected chi connectivity index (χ3v) is 7.90. The number of amides is 1. The molecule has 1 aliphatic carbocycles. The number of aryl methyl sites for hydroxylation is 1. The first-order valence-electron chi connectivity index (χ1n) is 9.53. The van der Waals surface area contributed by atoms with Crippen LogP contribution >= 0.6 is 11.3 Å². The topological polar surface area (TPSA) is 105 Å². The number of esters is 1. The van der Waals surface area contributed by atoms with Crippen LogP contribution in [-0.2, 0) is 32.4 Å². The molecule has 0 atom stereocenters. The molecular formula is C20H25N3O5S2. The Bertz CT molecular complexity index is 1060. The fourth-order valence-electron chi connectivity index (χ4n) is 3.30. The fraction of sp³-hybridized carbons (Fsp3) is 0.400. The Hall–Kier alpha value is -2.43. The summed E-state index contributed by atoms with van der Waals surface area (Å²) >= 11 is 1.42. The lowest BCUT2D eigenvalue weighted by Gasteiger charge is -2.13. The van der Waals surface area contributed by atoms with Crippen molar-refractivity contribution in [3.63, 3.8) is 0 Å². The number of ether oxygens (including phenoxy) is 1. The third-order valence-electron chi connectivity index (χ3n) is 4.88. The first-order chi connectivity index (χ1) is 14.2. The van der Waals surface area contributed by atoms with Crippen molar-refractivity contribution in [3.05, 3.63) is 40.3 Å². The number of rotatable bonds is 7. The molecule has 162 valence electrons. The summed E-state index contributed by atoms with van der Waals surface area (Å²) in [6.07, 6.45) is 3.77. The highest BCUT2D eigenvalue weighted by atomic mass is 32.2. The van der Waals surface area contributed by atoms with Gasteiger partial charge in [0, 0.05) is 24.7 Å². The van der Waals surface area contributed by atoms with E-state index in [9.17, 15) is 18.0 Å². The predicted molar refractivity (Wildman–Crippen MR) is 117 cm³/mol. The molecule has 1 aromatic heterocycles. The van der Waals surface area contributed by atoms with Crippen LogP contribution in [0.2, 0.25) is 0 Å². The lowest BCUT2D eigenvalue weighted by molar-refractivity contribution is -0.114. The van der Waals surface area contributed by atoms with Crippen LogP contribution in [0.25, 0.3) is 0 Å². The molecule has 0 bridgehead atoms. The molecule has 2 aromatic rings. The number of nitrogens with one attached hydrogen (secondary N) is 2. The van der Waals surface area contributed by atoms with E-state index in [1.807, 2.05) is 0 Å². The monoisotopic (exact) mass is 451 g/mol. The van der Waals surface area contributed by atoms with Crippen molar-refractivity contribution < 1.29 is 22.7 Å². The highest BCUT2D eigenvalue weighted by Crippen LogP contribution is 2.38. The number of fused-ring (bicyclic) bond motifs is 1. The molecule has 8 nitrogen and oxygen atoms in total. The number of nitrogens with zero attached hydrogens (tertiary/aromatic N) is 1. The summed E-state index contributed by atoms with van der Waals surface area (Å²) in [5.74, 6) is -0.779. The van der Waals surface area contributed by atoms with Crippen LogP contribution in [0.15, 0.2) is 29.2 Å².